The summed E-state index contributed by atoms with van der Waals surface area (Å²) in [4.78, 5) is 0. The van der Waals surface area contributed by atoms with E-state index in [0.29, 0.717) is 5.75 Å². The maximum atomic E-state index is 9.87. The Labute approximate surface area is 104 Å². The zero-order valence-electron chi connectivity index (χ0n) is 11.4. The molecule has 0 saturated heterocycles. The summed E-state index contributed by atoms with van der Waals surface area (Å²) in [5.74, 6) is 1.07. The van der Waals surface area contributed by atoms with E-state index in [4.69, 9.17) is 4.74 Å². The number of ether oxygens (including phenoxy) is 1. The quantitative estimate of drug-likeness (QED) is 0.826. The lowest BCUT2D eigenvalue weighted by atomic mass is 9.98. The molecule has 1 atom stereocenters. The Morgan fingerprint density at radius 3 is 2.59 bits per heavy atom. The number of rotatable bonds is 5. The van der Waals surface area contributed by atoms with Gasteiger partial charge in [0.1, 0.15) is 11.5 Å². The Morgan fingerprint density at radius 2 is 2.06 bits per heavy atom. The molecule has 0 aliphatic carbocycles. The summed E-state index contributed by atoms with van der Waals surface area (Å²) in [6.07, 6.45) is 1.03. The van der Waals surface area contributed by atoms with Gasteiger partial charge in [0.2, 0.25) is 0 Å². The van der Waals surface area contributed by atoms with Crippen molar-refractivity contribution in [3.8, 4) is 11.5 Å². The van der Waals surface area contributed by atoms with Crippen LogP contribution in [0.5, 0.6) is 11.5 Å². The average molecular weight is 237 g/mol. The van der Waals surface area contributed by atoms with E-state index in [1.165, 1.54) is 0 Å². The van der Waals surface area contributed by atoms with Gasteiger partial charge in [-0.2, -0.15) is 0 Å². The lowest BCUT2D eigenvalue weighted by Crippen LogP contribution is -2.40. The third-order valence-electron chi connectivity index (χ3n) is 3.19. The molecular weight excluding hydrogens is 214 g/mol. The minimum absolute atomic E-state index is 0.0505. The molecule has 1 aromatic rings. The number of hydrogen-bond acceptors (Lipinski definition) is 3. The Hall–Kier alpha value is -1.22. The van der Waals surface area contributed by atoms with E-state index < -0.39 is 0 Å². The van der Waals surface area contributed by atoms with Crippen LogP contribution < -0.4 is 10.1 Å². The lowest BCUT2D eigenvalue weighted by Gasteiger charge is -2.29. The van der Waals surface area contributed by atoms with Crippen LogP contribution in [0.4, 0.5) is 0 Å². The van der Waals surface area contributed by atoms with E-state index in [2.05, 4.69) is 26.1 Å². The minimum Gasteiger partial charge on any atom is -0.508 e. The highest BCUT2D eigenvalue weighted by Crippen LogP contribution is 2.29. The van der Waals surface area contributed by atoms with Crippen molar-refractivity contribution >= 4 is 0 Å². The normalized spacial score (nSPS) is 13.5. The van der Waals surface area contributed by atoms with E-state index in [0.717, 1.165) is 17.7 Å². The Kier molecular flexibility index (Phi) is 4.40. The fraction of sp³-hybridized carbons (Fsp3) is 0.571. The molecule has 2 N–H and O–H groups in total. The topological polar surface area (TPSA) is 41.5 Å². The van der Waals surface area contributed by atoms with Crippen LogP contribution in [-0.4, -0.2) is 17.8 Å². The molecule has 0 fully saturated rings. The van der Waals surface area contributed by atoms with Gasteiger partial charge in [-0.25, -0.2) is 0 Å². The highest BCUT2D eigenvalue weighted by atomic mass is 16.5. The molecule has 1 unspecified atom stereocenters. The van der Waals surface area contributed by atoms with Gasteiger partial charge in [0.15, 0.2) is 0 Å². The Bertz CT molecular complexity index is 374. The zero-order valence-corrected chi connectivity index (χ0v) is 11.4. The monoisotopic (exact) mass is 237 g/mol. The maximum Gasteiger partial charge on any atom is 0.120 e. The van der Waals surface area contributed by atoms with Crippen LogP contribution in [0.15, 0.2) is 18.2 Å². The number of aromatic hydroxyl groups is 1. The van der Waals surface area contributed by atoms with Crippen LogP contribution in [-0.2, 0) is 0 Å². The summed E-state index contributed by atoms with van der Waals surface area (Å²) in [6.45, 7) is 8.50. The number of phenolic OH excluding ortho intramolecular Hbond substituents is 1. The van der Waals surface area contributed by atoms with Crippen LogP contribution in [0, 0.1) is 0 Å². The molecule has 96 valence electrons. The number of phenols is 1. The van der Waals surface area contributed by atoms with Crippen LogP contribution >= 0.6 is 0 Å². The second-order valence-electron chi connectivity index (χ2n) is 5.03. The molecule has 0 aromatic heterocycles. The third kappa shape index (κ3) is 3.63. The predicted molar refractivity (Wildman–Crippen MR) is 70.6 cm³/mol. The van der Waals surface area contributed by atoms with E-state index in [9.17, 15) is 5.11 Å². The molecule has 1 rings (SSSR count). The first-order valence-electron chi connectivity index (χ1n) is 6.04. The molecule has 0 aliphatic heterocycles. The van der Waals surface area contributed by atoms with Crippen LogP contribution in [0.1, 0.15) is 45.7 Å². The van der Waals surface area contributed by atoms with Gasteiger partial charge in [-0.3, -0.25) is 0 Å². The van der Waals surface area contributed by atoms with Crippen LogP contribution in [0.2, 0.25) is 0 Å². The molecule has 0 bridgehead atoms. The summed E-state index contributed by atoms with van der Waals surface area (Å²) in [6, 6.07) is 5.39. The summed E-state index contributed by atoms with van der Waals surface area (Å²) in [5.41, 5.74) is 0.917. The van der Waals surface area contributed by atoms with E-state index in [1.54, 1.807) is 19.2 Å². The van der Waals surface area contributed by atoms with Crippen molar-refractivity contribution in [1.82, 2.24) is 5.32 Å². The Balaban J connectivity index is 2.91. The molecule has 0 amide bonds. The molecule has 3 heteroatoms. The summed E-state index contributed by atoms with van der Waals surface area (Å²) >= 11 is 0. The van der Waals surface area contributed by atoms with Crippen molar-refractivity contribution in [2.24, 2.45) is 0 Å². The molecular formula is C14H23NO2. The molecule has 17 heavy (non-hydrogen) atoms. The minimum atomic E-state index is 0.0505. The first kappa shape index (κ1) is 13.8. The van der Waals surface area contributed by atoms with Crippen molar-refractivity contribution < 1.29 is 9.84 Å². The molecule has 0 aliphatic rings. The summed E-state index contributed by atoms with van der Waals surface area (Å²) < 4.78 is 5.18. The lowest BCUT2D eigenvalue weighted by molar-refractivity contribution is 0.330. The number of hydrogen-bond donors (Lipinski definition) is 2. The average Bonchev–Trinajstić information content (AvgIpc) is 2.29. The molecule has 0 spiro atoms. The van der Waals surface area contributed by atoms with Crippen molar-refractivity contribution in [3.63, 3.8) is 0 Å². The first-order chi connectivity index (χ1) is 7.89. The van der Waals surface area contributed by atoms with Gasteiger partial charge in [0.25, 0.3) is 0 Å². The fourth-order valence-corrected chi connectivity index (χ4v) is 1.77. The molecule has 0 heterocycles. The standard InChI is InChI=1S/C14H23NO2/c1-6-14(3,4)15-10(2)12-9-11(17-5)7-8-13(12)16/h7-10,15-16H,6H2,1-5H3. The molecule has 1 aromatic carbocycles. The van der Waals surface area contributed by atoms with Crippen molar-refractivity contribution in [3.05, 3.63) is 23.8 Å². The second-order valence-corrected chi connectivity index (χ2v) is 5.03. The zero-order chi connectivity index (χ0) is 13.1. The second kappa shape index (κ2) is 5.41. The van der Waals surface area contributed by atoms with Gasteiger partial charge in [-0.05, 0) is 45.4 Å². The van der Waals surface area contributed by atoms with E-state index >= 15 is 0 Å². The Morgan fingerprint density at radius 1 is 1.41 bits per heavy atom. The molecule has 0 radical (unpaired) electrons. The summed E-state index contributed by atoms with van der Waals surface area (Å²) in [7, 11) is 1.63. The predicted octanol–water partition coefficient (Wildman–Crippen LogP) is 3.24. The number of benzene rings is 1. The third-order valence-corrected chi connectivity index (χ3v) is 3.19. The van der Waals surface area contributed by atoms with Crippen LogP contribution in [0.25, 0.3) is 0 Å². The van der Waals surface area contributed by atoms with Crippen molar-refractivity contribution in [1.29, 1.82) is 0 Å². The number of nitrogens with one attached hydrogen (secondary N) is 1. The first-order valence-corrected chi connectivity index (χ1v) is 6.04. The highest BCUT2D eigenvalue weighted by molar-refractivity contribution is 5.41. The van der Waals surface area contributed by atoms with Crippen molar-refractivity contribution in [2.45, 2.75) is 45.7 Å². The van der Waals surface area contributed by atoms with E-state index in [1.807, 2.05) is 13.0 Å². The van der Waals surface area contributed by atoms with Gasteiger partial charge in [0, 0.05) is 17.1 Å². The highest BCUT2D eigenvalue weighted by Gasteiger charge is 2.20. The van der Waals surface area contributed by atoms with Gasteiger partial charge >= 0.3 is 0 Å². The van der Waals surface area contributed by atoms with Gasteiger partial charge in [-0.1, -0.05) is 6.92 Å². The molecule has 0 saturated carbocycles. The van der Waals surface area contributed by atoms with Crippen LogP contribution in [0.3, 0.4) is 0 Å². The smallest absolute Gasteiger partial charge is 0.120 e. The van der Waals surface area contributed by atoms with Crippen molar-refractivity contribution in [2.75, 3.05) is 7.11 Å². The largest absolute Gasteiger partial charge is 0.508 e. The SMILES string of the molecule is CCC(C)(C)NC(C)c1cc(OC)ccc1O. The van der Waals surface area contributed by atoms with Gasteiger partial charge < -0.3 is 15.2 Å². The van der Waals surface area contributed by atoms with Gasteiger partial charge in [0.05, 0.1) is 7.11 Å². The van der Waals surface area contributed by atoms with E-state index in [-0.39, 0.29) is 11.6 Å². The summed E-state index contributed by atoms with van der Waals surface area (Å²) in [5, 5.41) is 13.4. The number of methoxy groups -OCH3 is 1. The maximum absolute atomic E-state index is 9.87. The fourth-order valence-electron chi connectivity index (χ4n) is 1.77. The van der Waals surface area contributed by atoms with Gasteiger partial charge in [-0.15, -0.1) is 0 Å². The molecule has 3 nitrogen and oxygen atoms in total.